The van der Waals surface area contributed by atoms with Crippen molar-refractivity contribution in [2.24, 2.45) is 28.7 Å². The second-order valence-electron chi connectivity index (χ2n) is 7.31. The highest BCUT2D eigenvalue weighted by Gasteiger charge is 2.39. The number of rotatable bonds is 4. The third-order valence-corrected chi connectivity index (χ3v) is 5.14. The lowest BCUT2D eigenvalue weighted by Gasteiger charge is -2.16. The molecule has 1 heterocycles. The molecular weight excluding hydrogens is 242 g/mol. The standard InChI is InChI=1S/C19H27N/c1-12(2)17-10-15(17)9-14(4)16-6-5-7-19-18(16)8-13(3)11-20-19/h5-8,12-15,17H,9-11H2,1-4H3. The molecule has 0 N–H and O–H groups in total. The van der Waals surface area contributed by atoms with E-state index in [1.165, 1.54) is 29.0 Å². The molecule has 1 nitrogen and oxygen atoms in total. The second-order valence-corrected chi connectivity index (χ2v) is 7.31. The van der Waals surface area contributed by atoms with Crippen LogP contribution in [0.3, 0.4) is 0 Å². The molecule has 1 aliphatic carbocycles. The van der Waals surface area contributed by atoms with E-state index in [2.05, 4.69) is 52.0 Å². The van der Waals surface area contributed by atoms with Gasteiger partial charge in [0, 0.05) is 6.54 Å². The third-order valence-electron chi connectivity index (χ3n) is 5.14. The maximum atomic E-state index is 4.72. The molecule has 2 aliphatic rings. The van der Waals surface area contributed by atoms with Gasteiger partial charge >= 0.3 is 0 Å². The van der Waals surface area contributed by atoms with Crippen molar-refractivity contribution in [3.8, 4) is 0 Å². The molecule has 0 saturated heterocycles. The van der Waals surface area contributed by atoms with Crippen LogP contribution in [0.5, 0.6) is 0 Å². The Morgan fingerprint density at radius 2 is 2.05 bits per heavy atom. The zero-order valence-corrected chi connectivity index (χ0v) is 13.3. The van der Waals surface area contributed by atoms with Crippen LogP contribution in [0.1, 0.15) is 52.0 Å². The molecule has 0 amide bonds. The van der Waals surface area contributed by atoms with Crippen molar-refractivity contribution in [2.45, 2.75) is 46.5 Å². The molecule has 1 aliphatic heterocycles. The van der Waals surface area contributed by atoms with Gasteiger partial charge in [-0.15, -0.1) is 0 Å². The van der Waals surface area contributed by atoms with Gasteiger partial charge in [-0.1, -0.05) is 45.9 Å². The quantitative estimate of drug-likeness (QED) is 0.793. The number of nitrogens with zero attached hydrogens (tertiary/aromatic N) is 1. The minimum absolute atomic E-state index is 0.584. The SMILES string of the molecule is CC1C=c2c(C(C)CC3CC3C(C)C)cccc2=NC1. The van der Waals surface area contributed by atoms with E-state index in [1.54, 1.807) is 0 Å². The predicted octanol–water partition coefficient (Wildman–Crippen LogP) is 3.52. The Morgan fingerprint density at radius 3 is 2.75 bits per heavy atom. The molecule has 20 heavy (non-hydrogen) atoms. The Kier molecular flexibility index (Phi) is 3.70. The number of benzene rings is 1. The summed E-state index contributed by atoms with van der Waals surface area (Å²) in [5.74, 6) is 4.04. The monoisotopic (exact) mass is 269 g/mol. The van der Waals surface area contributed by atoms with Crippen molar-refractivity contribution in [1.29, 1.82) is 0 Å². The fourth-order valence-corrected chi connectivity index (χ4v) is 3.84. The highest BCUT2D eigenvalue weighted by Crippen LogP contribution is 2.48. The minimum Gasteiger partial charge on any atom is -0.284 e. The van der Waals surface area contributed by atoms with E-state index in [4.69, 9.17) is 4.99 Å². The summed E-state index contributed by atoms with van der Waals surface area (Å²) in [6, 6.07) is 6.67. The van der Waals surface area contributed by atoms with Gasteiger partial charge in [-0.05, 0) is 59.3 Å². The highest BCUT2D eigenvalue weighted by atomic mass is 14.7. The van der Waals surface area contributed by atoms with Crippen LogP contribution in [-0.2, 0) is 0 Å². The highest BCUT2D eigenvalue weighted by molar-refractivity contribution is 5.35. The Bertz CT molecular complexity index is 599. The summed E-state index contributed by atoms with van der Waals surface area (Å²) in [7, 11) is 0. The maximum Gasteiger partial charge on any atom is 0.0646 e. The Hall–Kier alpha value is -1.11. The van der Waals surface area contributed by atoms with Crippen LogP contribution in [0.4, 0.5) is 0 Å². The summed E-state index contributed by atoms with van der Waals surface area (Å²) in [4.78, 5) is 4.72. The van der Waals surface area contributed by atoms with Crippen LogP contribution >= 0.6 is 0 Å². The first-order valence-electron chi connectivity index (χ1n) is 8.21. The molecule has 108 valence electrons. The van der Waals surface area contributed by atoms with Crippen molar-refractivity contribution >= 4 is 6.08 Å². The predicted molar refractivity (Wildman–Crippen MR) is 85.2 cm³/mol. The second kappa shape index (κ2) is 5.35. The lowest BCUT2D eigenvalue weighted by Crippen LogP contribution is -2.34. The Balaban J connectivity index is 1.83. The number of hydrogen-bond donors (Lipinski definition) is 0. The molecule has 3 rings (SSSR count). The van der Waals surface area contributed by atoms with Crippen LogP contribution in [0, 0.1) is 23.7 Å². The van der Waals surface area contributed by atoms with Gasteiger partial charge in [0.1, 0.15) is 0 Å². The fourth-order valence-electron chi connectivity index (χ4n) is 3.84. The van der Waals surface area contributed by atoms with E-state index in [-0.39, 0.29) is 0 Å². The summed E-state index contributed by atoms with van der Waals surface area (Å²) < 4.78 is 0. The molecule has 0 bridgehead atoms. The van der Waals surface area contributed by atoms with E-state index in [0.29, 0.717) is 11.8 Å². The number of hydrogen-bond acceptors (Lipinski definition) is 1. The summed E-state index contributed by atoms with van der Waals surface area (Å²) in [5.41, 5.74) is 1.52. The van der Waals surface area contributed by atoms with Crippen molar-refractivity contribution in [1.82, 2.24) is 0 Å². The van der Waals surface area contributed by atoms with Crippen molar-refractivity contribution in [3.05, 3.63) is 34.3 Å². The van der Waals surface area contributed by atoms with Gasteiger partial charge in [0.2, 0.25) is 0 Å². The molecular formula is C19H27N. The topological polar surface area (TPSA) is 12.4 Å². The van der Waals surface area contributed by atoms with E-state index in [0.717, 1.165) is 24.3 Å². The van der Waals surface area contributed by atoms with Crippen molar-refractivity contribution < 1.29 is 0 Å². The average molecular weight is 269 g/mol. The first-order chi connectivity index (χ1) is 9.56. The van der Waals surface area contributed by atoms with Gasteiger partial charge in [0.25, 0.3) is 0 Å². The van der Waals surface area contributed by atoms with Crippen LogP contribution in [0.15, 0.2) is 23.2 Å². The summed E-state index contributed by atoms with van der Waals surface area (Å²) in [6.45, 7) is 10.4. The van der Waals surface area contributed by atoms with Gasteiger partial charge in [-0.2, -0.15) is 0 Å². The molecule has 0 spiro atoms. The molecule has 4 unspecified atom stereocenters. The molecule has 0 radical (unpaired) electrons. The molecule has 1 aromatic carbocycles. The van der Waals surface area contributed by atoms with Gasteiger partial charge < -0.3 is 0 Å². The maximum absolute atomic E-state index is 4.72. The molecule has 1 fully saturated rings. The van der Waals surface area contributed by atoms with E-state index in [9.17, 15) is 0 Å². The van der Waals surface area contributed by atoms with Crippen molar-refractivity contribution in [2.75, 3.05) is 6.54 Å². The van der Waals surface area contributed by atoms with Crippen LogP contribution < -0.4 is 10.6 Å². The Labute approximate surface area is 122 Å². The molecule has 4 atom stereocenters. The van der Waals surface area contributed by atoms with Crippen molar-refractivity contribution in [3.63, 3.8) is 0 Å². The van der Waals surface area contributed by atoms with Crippen LogP contribution in [0.2, 0.25) is 0 Å². The van der Waals surface area contributed by atoms with E-state index >= 15 is 0 Å². The van der Waals surface area contributed by atoms with Gasteiger partial charge in [0.15, 0.2) is 0 Å². The van der Waals surface area contributed by atoms with Crippen LogP contribution in [0.25, 0.3) is 6.08 Å². The first kappa shape index (κ1) is 13.9. The largest absolute Gasteiger partial charge is 0.284 e. The zero-order chi connectivity index (χ0) is 14.3. The molecule has 1 saturated carbocycles. The first-order valence-corrected chi connectivity index (χ1v) is 8.21. The lowest BCUT2D eigenvalue weighted by molar-refractivity contribution is 0.483. The average Bonchev–Trinajstić information content (AvgIpc) is 3.17. The third kappa shape index (κ3) is 2.68. The van der Waals surface area contributed by atoms with E-state index < -0.39 is 0 Å². The molecule has 1 aromatic rings. The normalized spacial score (nSPS) is 29.4. The molecule has 1 heteroatoms. The Morgan fingerprint density at radius 1 is 1.25 bits per heavy atom. The van der Waals surface area contributed by atoms with Gasteiger partial charge in [-0.25, -0.2) is 0 Å². The van der Waals surface area contributed by atoms with Gasteiger partial charge in [0.05, 0.1) is 5.36 Å². The summed E-state index contributed by atoms with van der Waals surface area (Å²) >= 11 is 0. The van der Waals surface area contributed by atoms with E-state index in [1.807, 2.05) is 0 Å². The fraction of sp³-hybridized carbons (Fsp3) is 0.632. The zero-order valence-electron chi connectivity index (χ0n) is 13.3. The minimum atomic E-state index is 0.584. The lowest BCUT2D eigenvalue weighted by atomic mass is 9.90. The summed E-state index contributed by atoms with van der Waals surface area (Å²) in [5, 5.41) is 2.63. The smallest absolute Gasteiger partial charge is 0.0646 e. The number of fused-ring (bicyclic) bond motifs is 1. The molecule has 0 aromatic heterocycles. The van der Waals surface area contributed by atoms with Gasteiger partial charge in [-0.3, -0.25) is 4.99 Å². The van der Waals surface area contributed by atoms with Crippen LogP contribution in [-0.4, -0.2) is 6.54 Å². The summed E-state index contributed by atoms with van der Waals surface area (Å²) in [6.07, 6.45) is 5.23.